The van der Waals surface area contributed by atoms with E-state index in [1.807, 2.05) is 48.5 Å². The van der Waals surface area contributed by atoms with Crippen LogP contribution in [0.25, 0.3) is 6.08 Å². The number of rotatable bonds is 5. The molecule has 0 aliphatic rings. The van der Waals surface area contributed by atoms with Crippen LogP contribution in [0.3, 0.4) is 0 Å². The van der Waals surface area contributed by atoms with Crippen LogP contribution >= 0.6 is 0 Å². The van der Waals surface area contributed by atoms with Crippen molar-refractivity contribution in [3.63, 3.8) is 0 Å². The number of amides is 1. The monoisotopic (exact) mass is 327 g/mol. The third-order valence-electron chi connectivity index (χ3n) is 3.66. The molecule has 0 radical (unpaired) electrons. The van der Waals surface area contributed by atoms with E-state index in [0.717, 1.165) is 5.56 Å². The van der Waals surface area contributed by atoms with Crippen LogP contribution in [0.2, 0.25) is 0 Å². The van der Waals surface area contributed by atoms with Crippen molar-refractivity contribution in [1.29, 1.82) is 0 Å². The Morgan fingerprint density at radius 3 is 2.08 bits per heavy atom. The molecule has 25 heavy (non-hydrogen) atoms. The van der Waals surface area contributed by atoms with Gasteiger partial charge in [0.2, 0.25) is 5.91 Å². The van der Waals surface area contributed by atoms with Crippen molar-refractivity contribution < 1.29 is 9.59 Å². The summed E-state index contributed by atoms with van der Waals surface area (Å²) in [6.45, 7) is 0. The van der Waals surface area contributed by atoms with Crippen LogP contribution in [0.15, 0.2) is 91.0 Å². The van der Waals surface area contributed by atoms with Crippen molar-refractivity contribution in [3.05, 3.63) is 108 Å². The molecule has 3 aromatic rings. The van der Waals surface area contributed by atoms with E-state index in [0.29, 0.717) is 16.8 Å². The minimum Gasteiger partial charge on any atom is -0.322 e. The molecular formula is C22H17NO2. The fraction of sp³-hybridized carbons (Fsp3) is 0. The van der Waals surface area contributed by atoms with Gasteiger partial charge in [0.1, 0.15) is 0 Å². The normalized spacial score (nSPS) is 10.6. The van der Waals surface area contributed by atoms with Gasteiger partial charge in [-0.15, -0.1) is 0 Å². The summed E-state index contributed by atoms with van der Waals surface area (Å²) < 4.78 is 0. The van der Waals surface area contributed by atoms with Gasteiger partial charge in [-0.2, -0.15) is 0 Å². The Bertz CT molecular complexity index is 900. The summed E-state index contributed by atoms with van der Waals surface area (Å²) in [5, 5.41) is 2.78. The molecular weight excluding hydrogens is 310 g/mol. The molecule has 0 atom stereocenters. The molecule has 0 unspecified atom stereocenters. The Morgan fingerprint density at radius 1 is 0.720 bits per heavy atom. The molecule has 0 heterocycles. The SMILES string of the molecule is O=C(C=Cc1ccccc1)Nc1cccc(C(=O)c2ccccc2)c1. The van der Waals surface area contributed by atoms with E-state index in [9.17, 15) is 9.59 Å². The molecule has 0 aromatic heterocycles. The summed E-state index contributed by atoms with van der Waals surface area (Å²) >= 11 is 0. The lowest BCUT2D eigenvalue weighted by atomic mass is 10.0. The Balaban J connectivity index is 1.70. The molecule has 122 valence electrons. The molecule has 1 amide bonds. The maximum absolute atomic E-state index is 12.5. The van der Waals surface area contributed by atoms with Crippen LogP contribution in [0.4, 0.5) is 5.69 Å². The van der Waals surface area contributed by atoms with Crippen LogP contribution in [-0.2, 0) is 4.79 Å². The summed E-state index contributed by atoms with van der Waals surface area (Å²) in [5.74, 6) is -0.315. The van der Waals surface area contributed by atoms with Crippen molar-refractivity contribution in [2.24, 2.45) is 0 Å². The van der Waals surface area contributed by atoms with Crippen LogP contribution in [0, 0.1) is 0 Å². The molecule has 0 saturated heterocycles. The fourth-order valence-corrected chi connectivity index (χ4v) is 2.41. The average molecular weight is 327 g/mol. The van der Waals surface area contributed by atoms with Crippen LogP contribution in [0.5, 0.6) is 0 Å². The predicted molar refractivity (Wildman–Crippen MR) is 100 cm³/mol. The quantitative estimate of drug-likeness (QED) is 0.551. The minimum absolute atomic E-state index is 0.0727. The summed E-state index contributed by atoms with van der Waals surface area (Å²) in [4.78, 5) is 24.5. The number of anilines is 1. The average Bonchev–Trinajstić information content (AvgIpc) is 2.67. The first-order valence-corrected chi connectivity index (χ1v) is 7.96. The number of hydrogen-bond acceptors (Lipinski definition) is 2. The van der Waals surface area contributed by atoms with E-state index in [4.69, 9.17) is 0 Å². The van der Waals surface area contributed by atoms with E-state index in [-0.39, 0.29) is 11.7 Å². The van der Waals surface area contributed by atoms with E-state index in [1.165, 1.54) is 6.08 Å². The molecule has 1 N–H and O–H groups in total. The van der Waals surface area contributed by atoms with Crippen molar-refractivity contribution in [3.8, 4) is 0 Å². The molecule has 0 bridgehead atoms. The molecule has 0 aliphatic heterocycles. The summed E-state index contributed by atoms with van der Waals surface area (Å²) in [6.07, 6.45) is 3.22. The lowest BCUT2D eigenvalue weighted by Crippen LogP contribution is -2.09. The van der Waals surface area contributed by atoms with Crippen molar-refractivity contribution >= 4 is 23.5 Å². The van der Waals surface area contributed by atoms with Gasteiger partial charge in [0.25, 0.3) is 0 Å². The van der Waals surface area contributed by atoms with Gasteiger partial charge in [-0.1, -0.05) is 72.8 Å². The van der Waals surface area contributed by atoms with Gasteiger partial charge < -0.3 is 5.32 Å². The predicted octanol–water partition coefficient (Wildman–Crippen LogP) is 4.57. The second-order valence-corrected chi connectivity index (χ2v) is 5.51. The molecule has 0 spiro atoms. The lowest BCUT2D eigenvalue weighted by Gasteiger charge is -2.05. The molecule has 0 aliphatic carbocycles. The van der Waals surface area contributed by atoms with E-state index < -0.39 is 0 Å². The fourth-order valence-electron chi connectivity index (χ4n) is 2.41. The van der Waals surface area contributed by atoms with Gasteiger partial charge in [0.05, 0.1) is 0 Å². The Kier molecular flexibility index (Phi) is 5.17. The smallest absolute Gasteiger partial charge is 0.248 e. The van der Waals surface area contributed by atoms with Crippen molar-refractivity contribution in [2.45, 2.75) is 0 Å². The third kappa shape index (κ3) is 4.52. The van der Waals surface area contributed by atoms with Gasteiger partial charge in [-0.3, -0.25) is 9.59 Å². The number of ketones is 1. The van der Waals surface area contributed by atoms with Crippen LogP contribution in [-0.4, -0.2) is 11.7 Å². The second-order valence-electron chi connectivity index (χ2n) is 5.51. The highest BCUT2D eigenvalue weighted by atomic mass is 16.1. The molecule has 3 heteroatoms. The zero-order chi connectivity index (χ0) is 17.5. The maximum Gasteiger partial charge on any atom is 0.248 e. The maximum atomic E-state index is 12.5. The summed E-state index contributed by atoms with van der Waals surface area (Å²) in [5.41, 5.74) is 2.70. The molecule has 3 aromatic carbocycles. The van der Waals surface area contributed by atoms with E-state index in [2.05, 4.69) is 5.32 Å². The first-order chi connectivity index (χ1) is 12.2. The zero-order valence-corrected chi connectivity index (χ0v) is 13.6. The van der Waals surface area contributed by atoms with E-state index in [1.54, 1.807) is 42.5 Å². The minimum atomic E-state index is -0.242. The molecule has 3 nitrogen and oxygen atoms in total. The number of benzene rings is 3. The van der Waals surface area contributed by atoms with Crippen LogP contribution < -0.4 is 5.32 Å². The van der Waals surface area contributed by atoms with Crippen LogP contribution in [0.1, 0.15) is 21.5 Å². The van der Waals surface area contributed by atoms with E-state index >= 15 is 0 Å². The Labute approximate surface area is 146 Å². The summed E-state index contributed by atoms with van der Waals surface area (Å²) in [7, 11) is 0. The Morgan fingerprint density at radius 2 is 1.36 bits per heavy atom. The largest absolute Gasteiger partial charge is 0.322 e. The zero-order valence-electron chi connectivity index (χ0n) is 13.6. The Hall–Kier alpha value is -3.46. The highest BCUT2D eigenvalue weighted by molar-refractivity contribution is 6.10. The highest BCUT2D eigenvalue weighted by Gasteiger charge is 2.09. The van der Waals surface area contributed by atoms with Crippen molar-refractivity contribution in [1.82, 2.24) is 0 Å². The first kappa shape index (κ1) is 16.4. The number of hydrogen-bond donors (Lipinski definition) is 1. The first-order valence-electron chi connectivity index (χ1n) is 7.96. The van der Waals surface area contributed by atoms with Gasteiger partial charge >= 0.3 is 0 Å². The van der Waals surface area contributed by atoms with Gasteiger partial charge in [-0.05, 0) is 23.8 Å². The number of nitrogens with one attached hydrogen (secondary N) is 1. The lowest BCUT2D eigenvalue weighted by molar-refractivity contribution is -0.111. The standard InChI is InChI=1S/C22H17NO2/c24-21(15-14-17-8-3-1-4-9-17)23-20-13-7-12-19(16-20)22(25)18-10-5-2-6-11-18/h1-16H,(H,23,24). The number of carbonyl (C=O) groups is 2. The molecule has 0 saturated carbocycles. The topological polar surface area (TPSA) is 46.2 Å². The van der Waals surface area contributed by atoms with Crippen molar-refractivity contribution in [2.75, 3.05) is 5.32 Å². The molecule has 3 rings (SSSR count). The van der Waals surface area contributed by atoms with Gasteiger partial charge in [-0.25, -0.2) is 0 Å². The van der Waals surface area contributed by atoms with Gasteiger partial charge in [0, 0.05) is 22.9 Å². The second kappa shape index (κ2) is 7.88. The number of carbonyl (C=O) groups excluding carboxylic acids is 2. The molecule has 0 fully saturated rings. The summed E-state index contributed by atoms with van der Waals surface area (Å²) in [6, 6.07) is 25.6. The third-order valence-corrected chi connectivity index (χ3v) is 3.66. The van der Waals surface area contributed by atoms with Gasteiger partial charge in [0.15, 0.2) is 5.78 Å². The highest BCUT2D eigenvalue weighted by Crippen LogP contribution is 2.15.